The van der Waals surface area contributed by atoms with E-state index < -0.39 is 28.7 Å². The molecule has 5 rings (SSSR count). The number of rotatable bonds is 1. The second-order valence-corrected chi connectivity index (χ2v) is 7.52. The van der Waals surface area contributed by atoms with E-state index in [1.54, 1.807) is 24.3 Å². The zero-order valence-electron chi connectivity index (χ0n) is 15.5. The molecule has 3 aliphatic rings. The van der Waals surface area contributed by atoms with Crippen LogP contribution >= 0.6 is 0 Å². The number of para-hydroxylation sites is 1. The molecule has 0 aliphatic carbocycles. The molecule has 3 aliphatic heterocycles. The van der Waals surface area contributed by atoms with E-state index in [0.29, 0.717) is 17.2 Å². The summed E-state index contributed by atoms with van der Waals surface area (Å²) in [5.74, 6) is -2.19. The molecule has 2 atom stereocenters. The minimum atomic E-state index is -1.73. The van der Waals surface area contributed by atoms with Gasteiger partial charge in [-0.3, -0.25) is 19.4 Å². The van der Waals surface area contributed by atoms with Crippen molar-refractivity contribution in [2.45, 2.75) is 24.7 Å². The lowest BCUT2D eigenvalue weighted by Gasteiger charge is -2.36. The number of H-pyrrole nitrogens is 1. The molecule has 0 saturated carbocycles. The first-order valence-electron chi connectivity index (χ1n) is 9.58. The van der Waals surface area contributed by atoms with E-state index in [0.717, 1.165) is 32.4 Å². The summed E-state index contributed by atoms with van der Waals surface area (Å²) in [6.45, 7) is 1.51. The Labute approximate surface area is 165 Å². The van der Waals surface area contributed by atoms with Crippen LogP contribution in [-0.2, 0) is 15.0 Å². The molecule has 29 heavy (non-hydrogen) atoms. The number of nitrogens with zero attached hydrogens (tertiary/aromatic N) is 3. The SMILES string of the molecule is N#C[C@@H]1C(=O)Nc2nc(N3CCCCC3)[nH]c(=O)c2[C@]12C(=O)Nc1ccccc12. The number of aromatic amines is 1. The van der Waals surface area contributed by atoms with Crippen LogP contribution in [0.4, 0.5) is 17.5 Å². The number of hydrogen-bond donors (Lipinski definition) is 3. The van der Waals surface area contributed by atoms with Crippen molar-refractivity contribution in [1.29, 1.82) is 5.26 Å². The van der Waals surface area contributed by atoms with E-state index in [1.807, 2.05) is 11.0 Å². The van der Waals surface area contributed by atoms with Crippen LogP contribution in [0.3, 0.4) is 0 Å². The Morgan fingerprint density at radius 1 is 1.10 bits per heavy atom. The van der Waals surface area contributed by atoms with Gasteiger partial charge in [-0.05, 0) is 30.9 Å². The molecule has 0 unspecified atom stereocenters. The highest BCUT2D eigenvalue weighted by Crippen LogP contribution is 2.50. The number of nitrogens with one attached hydrogen (secondary N) is 3. The van der Waals surface area contributed by atoms with Crippen LogP contribution < -0.4 is 21.1 Å². The van der Waals surface area contributed by atoms with E-state index in [4.69, 9.17) is 0 Å². The molecule has 1 aromatic carbocycles. The molecule has 9 nitrogen and oxygen atoms in total. The van der Waals surface area contributed by atoms with Gasteiger partial charge in [0.25, 0.3) is 5.56 Å². The Bertz CT molecular complexity index is 1140. The number of nitriles is 1. The second kappa shape index (κ2) is 6.17. The van der Waals surface area contributed by atoms with Gasteiger partial charge in [0, 0.05) is 18.8 Å². The zero-order chi connectivity index (χ0) is 20.2. The fourth-order valence-electron chi connectivity index (χ4n) is 4.67. The third-order valence-corrected chi connectivity index (χ3v) is 5.98. The molecule has 2 amide bonds. The predicted molar refractivity (Wildman–Crippen MR) is 105 cm³/mol. The van der Waals surface area contributed by atoms with Crippen molar-refractivity contribution in [3.63, 3.8) is 0 Å². The largest absolute Gasteiger partial charge is 0.342 e. The van der Waals surface area contributed by atoms with Gasteiger partial charge in [0.05, 0.1) is 11.6 Å². The number of aromatic nitrogens is 2. The van der Waals surface area contributed by atoms with Gasteiger partial charge in [-0.15, -0.1) is 0 Å². The fraction of sp³-hybridized carbons (Fsp3) is 0.350. The fourth-order valence-corrected chi connectivity index (χ4v) is 4.67. The molecule has 146 valence electrons. The lowest BCUT2D eigenvalue weighted by Crippen LogP contribution is -2.54. The maximum atomic E-state index is 13.2. The minimum absolute atomic E-state index is 0.00635. The van der Waals surface area contributed by atoms with Gasteiger partial charge in [-0.2, -0.15) is 10.2 Å². The van der Waals surface area contributed by atoms with Crippen molar-refractivity contribution in [2.24, 2.45) is 5.92 Å². The third-order valence-electron chi connectivity index (χ3n) is 5.98. The normalized spacial score (nSPS) is 25.1. The Morgan fingerprint density at radius 3 is 2.62 bits per heavy atom. The van der Waals surface area contributed by atoms with E-state index >= 15 is 0 Å². The van der Waals surface area contributed by atoms with Crippen molar-refractivity contribution in [3.05, 3.63) is 45.7 Å². The summed E-state index contributed by atoms with van der Waals surface area (Å²) in [6.07, 6.45) is 3.10. The molecule has 4 heterocycles. The monoisotopic (exact) mass is 390 g/mol. The second-order valence-electron chi connectivity index (χ2n) is 7.52. The van der Waals surface area contributed by atoms with Crippen molar-refractivity contribution >= 4 is 29.3 Å². The van der Waals surface area contributed by atoms with Gasteiger partial charge in [0.1, 0.15) is 17.2 Å². The molecule has 2 aromatic rings. The van der Waals surface area contributed by atoms with E-state index in [2.05, 4.69) is 20.6 Å². The van der Waals surface area contributed by atoms with E-state index in [1.165, 1.54) is 0 Å². The lowest BCUT2D eigenvalue weighted by atomic mass is 9.65. The number of piperidine rings is 1. The van der Waals surface area contributed by atoms with Crippen LogP contribution in [0, 0.1) is 17.2 Å². The highest BCUT2D eigenvalue weighted by molar-refractivity contribution is 6.16. The molecule has 3 N–H and O–H groups in total. The smallest absolute Gasteiger partial charge is 0.259 e. The summed E-state index contributed by atoms with van der Waals surface area (Å²) in [6, 6.07) is 8.75. The topological polar surface area (TPSA) is 131 Å². The van der Waals surface area contributed by atoms with Crippen LogP contribution in [-0.4, -0.2) is 34.9 Å². The van der Waals surface area contributed by atoms with Crippen LogP contribution in [0.5, 0.6) is 0 Å². The average molecular weight is 390 g/mol. The van der Waals surface area contributed by atoms with Gasteiger partial charge < -0.3 is 15.5 Å². The van der Waals surface area contributed by atoms with Crippen molar-refractivity contribution < 1.29 is 9.59 Å². The Hall–Kier alpha value is -3.67. The molecule has 1 fully saturated rings. The van der Waals surface area contributed by atoms with Crippen molar-refractivity contribution in [3.8, 4) is 6.07 Å². The minimum Gasteiger partial charge on any atom is -0.342 e. The molecule has 1 spiro atoms. The quantitative estimate of drug-likeness (QED) is 0.668. The molecule has 9 heteroatoms. The molecule has 0 radical (unpaired) electrons. The molecule has 1 saturated heterocycles. The van der Waals surface area contributed by atoms with Gasteiger partial charge in [-0.25, -0.2) is 0 Å². The number of fused-ring (bicyclic) bond motifs is 4. The van der Waals surface area contributed by atoms with Crippen molar-refractivity contribution in [1.82, 2.24) is 9.97 Å². The maximum Gasteiger partial charge on any atom is 0.259 e. The van der Waals surface area contributed by atoms with Gasteiger partial charge in [0.15, 0.2) is 0 Å². The summed E-state index contributed by atoms with van der Waals surface area (Å²) in [5.41, 5.74) is -1.33. The highest BCUT2D eigenvalue weighted by atomic mass is 16.2. The molecule has 0 bridgehead atoms. The molecular weight excluding hydrogens is 372 g/mol. The van der Waals surface area contributed by atoms with Gasteiger partial charge in [-0.1, -0.05) is 18.2 Å². The zero-order valence-corrected chi connectivity index (χ0v) is 15.5. The van der Waals surface area contributed by atoms with Crippen LogP contribution in [0.1, 0.15) is 30.4 Å². The van der Waals surface area contributed by atoms with E-state index in [-0.39, 0.29) is 11.4 Å². The molecule has 1 aromatic heterocycles. The number of amides is 2. The number of carbonyl (C=O) groups is 2. The highest BCUT2D eigenvalue weighted by Gasteiger charge is 2.61. The standard InChI is InChI=1S/C20H18N6O3/c21-10-12-16(27)23-15-14(17(28)25-19(24-15)26-8-4-1-5-9-26)20(12)11-6-2-3-7-13(11)22-18(20)29/h2-3,6-7,12H,1,4-5,8-9H2,(H,22,29)(H2,23,24,25,27,28)/t12-,20-/m1/s1. The first-order valence-corrected chi connectivity index (χ1v) is 9.58. The Balaban J connectivity index is 1.78. The summed E-state index contributed by atoms with van der Waals surface area (Å²) >= 11 is 0. The summed E-state index contributed by atoms with van der Waals surface area (Å²) in [5, 5.41) is 15.1. The Kier molecular flexibility index (Phi) is 3.71. The summed E-state index contributed by atoms with van der Waals surface area (Å²) in [4.78, 5) is 48.5. The predicted octanol–water partition coefficient (Wildman–Crippen LogP) is 1.09. The average Bonchev–Trinajstić information content (AvgIpc) is 3.01. The van der Waals surface area contributed by atoms with Gasteiger partial charge in [0.2, 0.25) is 17.8 Å². The molecular formula is C20H18N6O3. The first-order chi connectivity index (χ1) is 14.1. The van der Waals surface area contributed by atoms with E-state index in [9.17, 15) is 19.6 Å². The lowest BCUT2D eigenvalue weighted by molar-refractivity contribution is -0.127. The first kappa shape index (κ1) is 17.4. The number of carbonyl (C=O) groups excluding carboxylic acids is 2. The summed E-state index contributed by atoms with van der Waals surface area (Å²) in [7, 11) is 0. The van der Waals surface area contributed by atoms with Crippen LogP contribution in [0.25, 0.3) is 0 Å². The third kappa shape index (κ3) is 2.26. The van der Waals surface area contributed by atoms with Gasteiger partial charge >= 0.3 is 0 Å². The number of anilines is 3. The number of hydrogen-bond acceptors (Lipinski definition) is 6. The van der Waals surface area contributed by atoms with Crippen LogP contribution in [0.2, 0.25) is 0 Å². The van der Waals surface area contributed by atoms with Crippen molar-refractivity contribution in [2.75, 3.05) is 28.6 Å². The van der Waals surface area contributed by atoms with Crippen LogP contribution in [0.15, 0.2) is 29.1 Å². The number of benzene rings is 1. The summed E-state index contributed by atoms with van der Waals surface area (Å²) < 4.78 is 0. The maximum absolute atomic E-state index is 13.2. The Morgan fingerprint density at radius 2 is 1.86 bits per heavy atom.